The quantitative estimate of drug-likeness (QED) is 0.664. The van der Waals surface area contributed by atoms with E-state index in [2.05, 4.69) is 6.07 Å². The Balaban J connectivity index is 1.69. The summed E-state index contributed by atoms with van der Waals surface area (Å²) >= 11 is 0. The second kappa shape index (κ2) is 6.97. The van der Waals surface area contributed by atoms with Crippen LogP contribution in [0.1, 0.15) is 45.6 Å². The first kappa shape index (κ1) is 16.3. The van der Waals surface area contributed by atoms with Crippen LogP contribution in [-0.4, -0.2) is 11.0 Å². The van der Waals surface area contributed by atoms with Crippen molar-refractivity contribution in [3.63, 3.8) is 0 Å². The average molecular weight is 342 g/mol. The molecule has 4 nitrogen and oxygen atoms in total. The van der Waals surface area contributed by atoms with Gasteiger partial charge in [-0.3, -0.25) is 4.98 Å². The fourth-order valence-electron chi connectivity index (χ4n) is 3.56. The maximum absolute atomic E-state index is 12.9. The summed E-state index contributed by atoms with van der Waals surface area (Å²) in [7, 11) is 0. The summed E-state index contributed by atoms with van der Waals surface area (Å²) in [6, 6.07) is 17.0. The van der Waals surface area contributed by atoms with E-state index in [1.807, 2.05) is 30.3 Å². The number of nitriles is 1. The highest BCUT2D eigenvalue weighted by atomic mass is 16.5. The van der Waals surface area contributed by atoms with E-state index >= 15 is 0 Å². The number of aryl methyl sites for hydroxylation is 1. The summed E-state index contributed by atoms with van der Waals surface area (Å²) in [5.74, 6) is -0.316. The van der Waals surface area contributed by atoms with Gasteiger partial charge in [-0.1, -0.05) is 30.3 Å². The standard InChI is InChI=1S/C22H18N2O2/c23-13-15-6-5-7-16(12-15)14-26-22(25)21-17-8-1-3-10-19(17)24-20-11-4-2-9-18(20)21/h1,3,5-8,10,12H,2,4,9,11,14H2. The number of esters is 1. The van der Waals surface area contributed by atoms with Crippen LogP contribution in [0.15, 0.2) is 48.5 Å². The van der Waals surface area contributed by atoms with Gasteiger partial charge in [0.05, 0.1) is 22.7 Å². The Kier molecular flexibility index (Phi) is 4.37. The maximum atomic E-state index is 12.9. The molecule has 0 fully saturated rings. The van der Waals surface area contributed by atoms with Crippen molar-refractivity contribution in [2.75, 3.05) is 0 Å². The number of ether oxygens (including phenoxy) is 1. The molecule has 4 rings (SSSR count). The molecule has 4 heteroatoms. The Morgan fingerprint density at radius 1 is 1.12 bits per heavy atom. The van der Waals surface area contributed by atoms with Gasteiger partial charge >= 0.3 is 5.97 Å². The molecule has 0 atom stereocenters. The third-order valence-corrected chi connectivity index (χ3v) is 4.80. The number of nitrogens with zero attached hydrogens (tertiary/aromatic N) is 2. The number of carbonyl (C=O) groups excluding carboxylic acids is 1. The normalized spacial score (nSPS) is 13.0. The van der Waals surface area contributed by atoms with Crippen LogP contribution in [0.25, 0.3) is 10.9 Å². The molecule has 0 radical (unpaired) electrons. The van der Waals surface area contributed by atoms with Crippen molar-refractivity contribution in [3.8, 4) is 6.07 Å². The molecule has 0 unspecified atom stereocenters. The zero-order valence-electron chi connectivity index (χ0n) is 14.4. The number of benzene rings is 2. The number of pyridine rings is 1. The SMILES string of the molecule is N#Cc1cccc(COC(=O)c2c3c(nc4ccccc24)CCCC3)c1. The van der Waals surface area contributed by atoms with Crippen molar-refractivity contribution in [1.82, 2.24) is 4.98 Å². The predicted molar refractivity (Wildman–Crippen MR) is 98.7 cm³/mol. The molecular weight excluding hydrogens is 324 g/mol. The molecule has 0 saturated heterocycles. The minimum absolute atomic E-state index is 0.153. The minimum atomic E-state index is -0.316. The van der Waals surface area contributed by atoms with Gasteiger partial charge in [0.2, 0.25) is 0 Å². The topological polar surface area (TPSA) is 63.0 Å². The van der Waals surface area contributed by atoms with Gasteiger partial charge < -0.3 is 4.74 Å². The molecule has 1 heterocycles. The molecule has 1 aliphatic carbocycles. The van der Waals surface area contributed by atoms with E-state index in [4.69, 9.17) is 15.0 Å². The van der Waals surface area contributed by atoms with Gasteiger partial charge in [-0.2, -0.15) is 5.26 Å². The molecule has 26 heavy (non-hydrogen) atoms. The number of carbonyl (C=O) groups is 1. The molecule has 0 amide bonds. The van der Waals surface area contributed by atoms with E-state index in [0.29, 0.717) is 11.1 Å². The fraction of sp³-hybridized carbons (Fsp3) is 0.227. The number of aromatic nitrogens is 1. The Morgan fingerprint density at radius 2 is 1.96 bits per heavy atom. The molecule has 0 aliphatic heterocycles. The maximum Gasteiger partial charge on any atom is 0.339 e. The highest BCUT2D eigenvalue weighted by molar-refractivity contribution is 6.05. The summed E-state index contributed by atoms with van der Waals surface area (Å²) in [4.78, 5) is 17.7. The summed E-state index contributed by atoms with van der Waals surface area (Å²) in [6.45, 7) is 0.153. The van der Waals surface area contributed by atoms with Crippen LogP contribution in [0.2, 0.25) is 0 Å². The Labute approximate surface area is 152 Å². The Morgan fingerprint density at radius 3 is 2.85 bits per heavy atom. The van der Waals surface area contributed by atoms with E-state index in [9.17, 15) is 4.79 Å². The van der Waals surface area contributed by atoms with Gasteiger partial charge in [0.15, 0.2) is 0 Å². The summed E-state index contributed by atoms with van der Waals surface area (Å²) in [6.07, 6.45) is 3.94. The second-order valence-electron chi connectivity index (χ2n) is 6.52. The molecule has 0 spiro atoms. The molecule has 0 saturated carbocycles. The minimum Gasteiger partial charge on any atom is -0.457 e. The number of hydrogen-bond acceptors (Lipinski definition) is 4. The molecule has 3 aromatic rings. The molecule has 2 aromatic carbocycles. The first-order valence-corrected chi connectivity index (χ1v) is 8.83. The molecule has 0 bridgehead atoms. The van der Waals surface area contributed by atoms with Crippen LogP contribution >= 0.6 is 0 Å². The van der Waals surface area contributed by atoms with Crippen molar-refractivity contribution in [2.24, 2.45) is 0 Å². The zero-order valence-corrected chi connectivity index (χ0v) is 14.4. The lowest BCUT2D eigenvalue weighted by molar-refractivity contribution is 0.0473. The summed E-state index contributed by atoms with van der Waals surface area (Å²) < 4.78 is 5.61. The van der Waals surface area contributed by atoms with Gasteiger partial charge in [-0.05, 0) is 55.0 Å². The third-order valence-electron chi connectivity index (χ3n) is 4.80. The number of fused-ring (bicyclic) bond motifs is 2. The van der Waals surface area contributed by atoms with Gasteiger partial charge in [0, 0.05) is 11.1 Å². The molecule has 1 aromatic heterocycles. The van der Waals surface area contributed by atoms with Crippen molar-refractivity contribution < 1.29 is 9.53 Å². The predicted octanol–water partition coefficient (Wildman–Crippen LogP) is 4.34. The average Bonchev–Trinajstić information content (AvgIpc) is 2.70. The highest BCUT2D eigenvalue weighted by Crippen LogP contribution is 2.30. The number of rotatable bonds is 3. The first-order chi connectivity index (χ1) is 12.8. The second-order valence-corrected chi connectivity index (χ2v) is 6.52. The zero-order chi connectivity index (χ0) is 17.9. The van der Waals surface area contributed by atoms with E-state index in [1.54, 1.807) is 18.2 Å². The van der Waals surface area contributed by atoms with Crippen molar-refractivity contribution in [2.45, 2.75) is 32.3 Å². The van der Waals surface area contributed by atoms with E-state index in [0.717, 1.165) is 53.4 Å². The third kappa shape index (κ3) is 3.04. The van der Waals surface area contributed by atoms with Crippen LogP contribution in [0.4, 0.5) is 0 Å². The van der Waals surface area contributed by atoms with Crippen molar-refractivity contribution in [3.05, 3.63) is 76.5 Å². The van der Waals surface area contributed by atoms with Crippen molar-refractivity contribution in [1.29, 1.82) is 5.26 Å². The largest absolute Gasteiger partial charge is 0.457 e. The van der Waals surface area contributed by atoms with E-state index in [1.165, 1.54) is 0 Å². The molecule has 0 N–H and O–H groups in total. The van der Waals surface area contributed by atoms with Gasteiger partial charge in [0.25, 0.3) is 0 Å². The number of para-hydroxylation sites is 1. The van der Waals surface area contributed by atoms with E-state index in [-0.39, 0.29) is 12.6 Å². The van der Waals surface area contributed by atoms with Crippen molar-refractivity contribution >= 4 is 16.9 Å². The fourth-order valence-corrected chi connectivity index (χ4v) is 3.56. The molecule has 128 valence electrons. The lowest BCUT2D eigenvalue weighted by Gasteiger charge is -2.20. The van der Waals surface area contributed by atoms with Gasteiger partial charge in [-0.25, -0.2) is 4.79 Å². The smallest absolute Gasteiger partial charge is 0.339 e. The summed E-state index contributed by atoms with van der Waals surface area (Å²) in [5, 5.41) is 9.85. The van der Waals surface area contributed by atoms with Crippen LogP contribution in [0.5, 0.6) is 0 Å². The lowest BCUT2D eigenvalue weighted by Crippen LogP contribution is -2.15. The number of hydrogen-bond donors (Lipinski definition) is 0. The monoisotopic (exact) mass is 342 g/mol. The Hall–Kier alpha value is -3.19. The van der Waals surface area contributed by atoms with Gasteiger partial charge in [0.1, 0.15) is 6.61 Å². The van der Waals surface area contributed by atoms with Crippen LogP contribution < -0.4 is 0 Å². The van der Waals surface area contributed by atoms with E-state index < -0.39 is 0 Å². The summed E-state index contributed by atoms with van der Waals surface area (Å²) in [5.41, 5.74) is 4.92. The first-order valence-electron chi connectivity index (χ1n) is 8.83. The van der Waals surface area contributed by atoms with Crippen LogP contribution in [0.3, 0.4) is 0 Å². The van der Waals surface area contributed by atoms with Crippen LogP contribution in [-0.2, 0) is 24.2 Å². The lowest BCUT2D eigenvalue weighted by atomic mass is 9.90. The highest BCUT2D eigenvalue weighted by Gasteiger charge is 2.23. The van der Waals surface area contributed by atoms with Crippen LogP contribution in [0, 0.1) is 11.3 Å². The van der Waals surface area contributed by atoms with Gasteiger partial charge in [-0.15, -0.1) is 0 Å². The Bertz CT molecular complexity index is 1030. The molecular formula is C22H18N2O2. The molecule has 1 aliphatic rings.